The van der Waals surface area contributed by atoms with E-state index in [0.717, 1.165) is 5.69 Å². The van der Waals surface area contributed by atoms with Gasteiger partial charge in [-0.15, -0.1) is 0 Å². The van der Waals surface area contributed by atoms with Crippen molar-refractivity contribution in [2.45, 2.75) is 39.0 Å². The fourth-order valence-electron chi connectivity index (χ4n) is 3.01. The van der Waals surface area contributed by atoms with Crippen LogP contribution in [-0.4, -0.2) is 4.98 Å². The van der Waals surface area contributed by atoms with E-state index in [1.807, 2.05) is 0 Å². The van der Waals surface area contributed by atoms with Crippen LogP contribution in [0.5, 0.6) is 0 Å². The Hall–Kier alpha value is -1.63. The van der Waals surface area contributed by atoms with Gasteiger partial charge in [0.05, 0.1) is 0 Å². The first-order valence-corrected chi connectivity index (χ1v) is 6.87. The number of unbranched alkanes of at least 4 members (excludes halogenated alkanes) is 1. The zero-order chi connectivity index (χ0) is 12.5. The predicted octanol–water partition coefficient (Wildman–Crippen LogP) is 4.69. The minimum absolute atomic E-state index is 0.559. The zero-order valence-electron chi connectivity index (χ0n) is 11.1. The normalized spacial score (nSPS) is 16.4. The lowest BCUT2D eigenvalue weighted by Gasteiger charge is -2.12. The van der Waals surface area contributed by atoms with Crippen LogP contribution in [0.1, 0.15) is 48.9 Å². The van der Waals surface area contributed by atoms with Gasteiger partial charge in [0.25, 0.3) is 0 Å². The lowest BCUT2D eigenvalue weighted by molar-refractivity contribution is 0.658. The van der Waals surface area contributed by atoms with Crippen LogP contribution < -0.4 is 0 Å². The molecule has 1 heteroatoms. The molecule has 1 aliphatic rings. The largest absolute Gasteiger partial charge is 0.261 e. The van der Waals surface area contributed by atoms with E-state index in [1.165, 1.54) is 41.5 Å². The second kappa shape index (κ2) is 4.56. The highest BCUT2D eigenvalue weighted by Crippen LogP contribution is 2.46. The molecule has 0 N–H and O–H groups in total. The lowest BCUT2D eigenvalue weighted by Crippen LogP contribution is -1.97. The Morgan fingerprint density at radius 3 is 2.78 bits per heavy atom. The summed E-state index contributed by atoms with van der Waals surface area (Å²) in [6, 6.07) is 11.1. The first-order valence-electron chi connectivity index (χ1n) is 6.87. The molecule has 1 aromatic carbocycles. The Morgan fingerprint density at radius 2 is 1.94 bits per heavy atom. The molecular weight excluding hydrogens is 218 g/mol. The summed E-state index contributed by atoms with van der Waals surface area (Å²) in [5, 5.41) is 0. The Morgan fingerprint density at radius 1 is 1.11 bits per heavy atom. The molecule has 1 heterocycles. The first kappa shape index (κ1) is 11.5. The average Bonchev–Trinajstić information content (AvgIpc) is 2.70. The van der Waals surface area contributed by atoms with Gasteiger partial charge in [0.1, 0.15) is 0 Å². The van der Waals surface area contributed by atoms with E-state index in [4.69, 9.17) is 0 Å². The highest BCUT2D eigenvalue weighted by molar-refractivity contribution is 5.78. The van der Waals surface area contributed by atoms with Crippen molar-refractivity contribution in [2.75, 3.05) is 0 Å². The summed E-state index contributed by atoms with van der Waals surface area (Å²) < 4.78 is 0. The molecule has 1 aliphatic carbocycles. The fourth-order valence-corrected chi connectivity index (χ4v) is 3.01. The van der Waals surface area contributed by atoms with Crippen LogP contribution in [0.15, 0.2) is 36.5 Å². The molecule has 0 bridgehead atoms. The summed E-state index contributed by atoms with van der Waals surface area (Å²) in [4.78, 5) is 4.49. The van der Waals surface area contributed by atoms with Crippen molar-refractivity contribution < 1.29 is 0 Å². The van der Waals surface area contributed by atoms with Crippen LogP contribution >= 0.6 is 0 Å². The molecular formula is C17H19N. The maximum absolute atomic E-state index is 4.49. The number of rotatable bonds is 3. The second-order valence-corrected chi connectivity index (χ2v) is 5.19. The molecule has 0 fully saturated rings. The van der Waals surface area contributed by atoms with Gasteiger partial charge in [0, 0.05) is 17.8 Å². The van der Waals surface area contributed by atoms with Crippen molar-refractivity contribution in [2.24, 2.45) is 0 Å². The number of hydrogen-bond donors (Lipinski definition) is 0. The van der Waals surface area contributed by atoms with Crippen LogP contribution in [0.3, 0.4) is 0 Å². The van der Waals surface area contributed by atoms with Crippen LogP contribution in [0.2, 0.25) is 0 Å². The molecule has 1 atom stereocenters. The van der Waals surface area contributed by atoms with Gasteiger partial charge < -0.3 is 0 Å². The van der Waals surface area contributed by atoms with Gasteiger partial charge in [-0.25, -0.2) is 0 Å². The van der Waals surface area contributed by atoms with Crippen molar-refractivity contribution in [3.05, 3.63) is 53.3 Å². The van der Waals surface area contributed by atoms with Gasteiger partial charge in [-0.2, -0.15) is 0 Å². The van der Waals surface area contributed by atoms with Crippen LogP contribution in [0, 0.1) is 6.92 Å². The summed E-state index contributed by atoms with van der Waals surface area (Å²) in [6.45, 7) is 4.33. The van der Waals surface area contributed by atoms with E-state index in [1.54, 1.807) is 0 Å². The first-order chi connectivity index (χ1) is 8.81. The van der Waals surface area contributed by atoms with E-state index in [-0.39, 0.29) is 0 Å². The molecule has 1 nitrogen and oxygen atoms in total. The van der Waals surface area contributed by atoms with E-state index in [0.29, 0.717) is 5.92 Å². The van der Waals surface area contributed by atoms with Gasteiger partial charge in [0.2, 0.25) is 0 Å². The highest BCUT2D eigenvalue weighted by Gasteiger charge is 2.27. The van der Waals surface area contributed by atoms with E-state index in [9.17, 15) is 0 Å². The number of fused-ring (bicyclic) bond motifs is 3. The zero-order valence-corrected chi connectivity index (χ0v) is 11.1. The number of aryl methyl sites for hydroxylation is 1. The SMILES string of the molecule is CCCCC1c2ccccc2-c2cc(C)ncc21. The van der Waals surface area contributed by atoms with Crippen LogP contribution in [0.4, 0.5) is 0 Å². The Balaban J connectivity index is 2.12. The molecule has 0 aliphatic heterocycles. The maximum Gasteiger partial charge on any atom is 0.0379 e. The van der Waals surface area contributed by atoms with Crippen molar-refractivity contribution in [3.63, 3.8) is 0 Å². The topological polar surface area (TPSA) is 12.9 Å². The van der Waals surface area contributed by atoms with Crippen molar-refractivity contribution >= 4 is 0 Å². The molecule has 0 saturated heterocycles. The van der Waals surface area contributed by atoms with Gasteiger partial charge in [-0.1, -0.05) is 44.0 Å². The number of hydrogen-bond acceptors (Lipinski definition) is 1. The molecule has 0 amide bonds. The number of aromatic nitrogens is 1. The van der Waals surface area contributed by atoms with Gasteiger partial charge in [0.15, 0.2) is 0 Å². The highest BCUT2D eigenvalue weighted by atomic mass is 14.7. The van der Waals surface area contributed by atoms with E-state index >= 15 is 0 Å². The molecule has 0 spiro atoms. The Labute approximate surface area is 109 Å². The van der Waals surface area contributed by atoms with Crippen molar-refractivity contribution in [3.8, 4) is 11.1 Å². The minimum atomic E-state index is 0.559. The summed E-state index contributed by atoms with van der Waals surface area (Å²) >= 11 is 0. The molecule has 0 saturated carbocycles. The quantitative estimate of drug-likeness (QED) is 0.754. The Bertz CT molecular complexity index is 572. The van der Waals surface area contributed by atoms with Crippen molar-refractivity contribution in [1.82, 2.24) is 4.98 Å². The second-order valence-electron chi connectivity index (χ2n) is 5.19. The van der Waals surface area contributed by atoms with Crippen molar-refractivity contribution in [1.29, 1.82) is 0 Å². The number of nitrogens with zero attached hydrogens (tertiary/aromatic N) is 1. The molecule has 1 aromatic heterocycles. The van der Waals surface area contributed by atoms with Crippen LogP contribution in [-0.2, 0) is 0 Å². The predicted molar refractivity (Wildman–Crippen MR) is 75.8 cm³/mol. The molecule has 0 radical (unpaired) electrons. The summed E-state index contributed by atoms with van der Waals surface area (Å²) in [6.07, 6.45) is 5.87. The number of benzene rings is 1. The monoisotopic (exact) mass is 237 g/mol. The fraction of sp³-hybridized carbons (Fsp3) is 0.353. The number of pyridine rings is 1. The average molecular weight is 237 g/mol. The molecule has 2 aromatic rings. The third-order valence-corrected chi connectivity index (χ3v) is 3.92. The smallest absolute Gasteiger partial charge is 0.0379 e. The van der Waals surface area contributed by atoms with Crippen LogP contribution in [0.25, 0.3) is 11.1 Å². The summed E-state index contributed by atoms with van der Waals surface area (Å²) in [7, 11) is 0. The molecule has 92 valence electrons. The Kier molecular flexibility index (Phi) is 2.91. The van der Waals surface area contributed by atoms with Gasteiger partial charge in [-0.05, 0) is 41.7 Å². The summed E-state index contributed by atoms with van der Waals surface area (Å²) in [5.74, 6) is 0.559. The standard InChI is InChI=1S/C17H19N/c1-3-4-7-15-13-8-5-6-9-14(13)16-10-12(2)18-11-17(15)16/h5-6,8-11,15H,3-4,7H2,1-2H3. The summed E-state index contributed by atoms with van der Waals surface area (Å²) in [5.41, 5.74) is 6.85. The van der Waals surface area contributed by atoms with Gasteiger partial charge >= 0.3 is 0 Å². The molecule has 18 heavy (non-hydrogen) atoms. The molecule has 1 unspecified atom stereocenters. The van der Waals surface area contributed by atoms with E-state index in [2.05, 4.69) is 55.4 Å². The van der Waals surface area contributed by atoms with Gasteiger partial charge in [-0.3, -0.25) is 4.98 Å². The van der Waals surface area contributed by atoms with E-state index < -0.39 is 0 Å². The third kappa shape index (κ3) is 1.74. The maximum atomic E-state index is 4.49. The minimum Gasteiger partial charge on any atom is -0.261 e. The molecule has 3 rings (SSSR count). The third-order valence-electron chi connectivity index (χ3n) is 3.92. The lowest BCUT2D eigenvalue weighted by atomic mass is 9.92.